The molecule has 3 aromatic rings. The van der Waals surface area contributed by atoms with Gasteiger partial charge >= 0.3 is 0 Å². The lowest BCUT2D eigenvalue weighted by Gasteiger charge is -2.20. The highest BCUT2D eigenvalue weighted by Crippen LogP contribution is 2.27. The molecular weight excluding hydrogens is 412 g/mol. The molecule has 0 radical (unpaired) electrons. The van der Waals surface area contributed by atoms with Crippen molar-refractivity contribution in [3.8, 4) is 0 Å². The predicted octanol–water partition coefficient (Wildman–Crippen LogP) is 4.96. The summed E-state index contributed by atoms with van der Waals surface area (Å²) in [6, 6.07) is 14.7. The Morgan fingerprint density at radius 2 is 1.90 bits per heavy atom. The average Bonchev–Trinajstić information content (AvgIpc) is 3.42. The van der Waals surface area contributed by atoms with Crippen molar-refractivity contribution < 1.29 is 9.59 Å². The molecule has 0 spiro atoms. The number of nitrogens with zero attached hydrogens (tertiary/aromatic N) is 1. The SMILES string of the molecule is CCCC(NC(=O)c1[nH]c2ccccc2c1Cl)C(=O)Nc1cccc(N2CCCC2)c1. The fraction of sp³-hybridized carbons (Fsp3) is 0.333. The zero-order chi connectivity index (χ0) is 21.8. The minimum Gasteiger partial charge on any atom is -0.371 e. The maximum Gasteiger partial charge on any atom is 0.269 e. The van der Waals surface area contributed by atoms with Crippen LogP contribution in [0.2, 0.25) is 5.02 Å². The number of hydrogen-bond donors (Lipinski definition) is 3. The minimum atomic E-state index is -0.657. The van der Waals surface area contributed by atoms with Gasteiger partial charge in [-0.2, -0.15) is 0 Å². The van der Waals surface area contributed by atoms with E-state index < -0.39 is 6.04 Å². The van der Waals surface area contributed by atoms with E-state index in [9.17, 15) is 9.59 Å². The lowest BCUT2D eigenvalue weighted by Crippen LogP contribution is -2.44. The van der Waals surface area contributed by atoms with Crippen molar-refractivity contribution in [3.63, 3.8) is 0 Å². The van der Waals surface area contributed by atoms with Gasteiger partial charge in [-0.1, -0.05) is 49.2 Å². The van der Waals surface area contributed by atoms with Gasteiger partial charge < -0.3 is 20.5 Å². The molecule has 2 amide bonds. The van der Waals surface area contributed by atoms with E-state index in [0.29, 0.717) is 11.4 Å². The Bertz CT molecular complexity index is 1090. The van der Waals surface area contributed by atoms with E-state index in [-0.39, 0.29) is 17.5 Å². The predicted molar refractivity (Wildman–Crippen MR) is 126 cm³/mol. The molecule has 7 heteroatoms. The zero-order valence-corrected chi connectivity index (χ0v) is 18.3. The van der Waals surface area contributed by atoms with Crippen molar-refractivity contribution in [2.75, 3.05) is 23.3 Å². The highest BCUT2D eigenvalue weighted by atomic mass is 35.5. The summed E-state index contributed by atoms with van der Waals surface area (Å²) in [5.41, 5.74) is 2.89. The van der Waals surface area contributed by atoms with Crippen LogP contribution in [0.5, 0.6) is 0 Å². The topological polar surface area (TPSA) is 77.2 Å². The molecular formula is C24H27ClN4O2. The molecule has 1 unspecified atom stereocenters. The molecule has 0 aliphatic carbocycles. The van der Waals surface area contributed by atoms with Gasteiger partial charge in [-0.3, -0.25) is 9.59 Å². The Morgan fingerprint density at radius 3 is 2.65 bits per heavy atom. The fourth-order valence-electron chi connectivity index (χ4n) is 4.04. The maximum atomic E-state index is 13.0. The molecule has 162 valence electrons. The lowest BCUT2D eigenvalue weighted by atomic mass is 10.1. The first-order valence-corrected chi connectivity index (χ1v) is 11.2. The summed E-state index contributed by atoms with van der Waals surface area (Å²) < 4.78 is 0. The Labute approximate surface area is 187 Å². The van der Waals surface area contributed by atoms with Crippen molar-refractivity contribution >= 4 is 45.7 Å². The van der Waals surface area contributed by atoms with Gasteiger partial charge in [0, 0.05) is 35.4 Å². The van der Waals surface area contributed by atoms with E-state index in [0.717, 1.165) is 41.8 Å². The molecule has 1 aliphatic heterocycles. The third-order valence-electron chi connectivity index (χ3n) is 5.65. The third kappa shape index (κ3) is 4.69. The largest absolute Gasteiger partial charge is 0.371 e. The van der Waals surface area contributed by atoms with Crippen molar-refractivity contribution in [2.45, 2.75) is 38.6 Å². The smallest absolute Gasteiger partial charge is 0.269 e. The summed E-state index contributed by atoms with van der Waals surface area (Å²) in [7, 11) is 0. The van der Waals surface area contributed by atoms with Gasteiger partial charge in [-0.15, -0.1) is 0 Å². The van der Waals surface area contributed by atoms with Crippen LogP contribution in [0.25, 0.3) is 10.9 Å². The number of benzene rings is 2. The molecule has 1 fully saturated rings. The van der Waals surface area contributed by atoms with Crippen LogP contribution < -0.4 is 15.5 Å². The average molecular weight is 439 g/mol. The van der Waals surface area contributed by atoms with Gasteiger partial charge in [0.1, 0.15) is 11.7 Å². The summed E-state index contributed by atoms with van der Waals surface area (Å²) in [6.45, 7) is 4.06. The molecule has 3 N–H and O–H groups in total. The summed E-state index contributed by atoms with van der Waals surface area (Å²) in [6.07, 6.45) is 3.67. The first-order valence-electron chi connectivity index (χ1n) is 10.8. The molecule has 1 aromatic heterocycles. The number of H-pyrrole nitrogens is 1. The van der Waals surface area contributed by atoms with Gasteiger partial charge in [0.2, 0.25) is 5.91 Å². The highest BCUT2D eigenvalue weighted by Gasteiger charge is 2.24. The molecule has 0 bridgehead atoms. The number of aromatic nitrogens is 1. The van der Waals surface area contributed by atoms with Crippen molar-refractivity contribution in [1.82, 2.24) is 10.3 Å². The van der Waals surface area contributed by atoms with Gasteiger partial charge in [-0.25, -0.2) is 0 Å². The summed E-state index contributed by atoms with van der Waals surface area (Å²) in [5, 5.41) is 6.96. The van der Waals surface area contributed by atoms with E-state index in [1.54, 1.807) is 0 Å². The number of carbonyl (C=O) groups excluding carboxylic acids is 2. The Hall–Kier alpha value is -2.99. The fourth-order valence-corrected chi connectivity index (χ4v) is 4.33. The molecule has 1 aliphatic rings. The van der Waals surface area contributed by atoms with Crippen LogP contribution in [0.4, 0.5) is 11.4 Å². The number of amides is 2. The van der Waals surface area contributed by atoms with Gasteiger partial charge in [-0.05, 0) is 43.5 Å². The summed E-state index contributed by atoms with van der Waals surface area (Å²) in [4.78, 5) is 31.2. The second kappa shape index (κ2) is 9.43. The normalized spacial score (nSPS) is 14.6. The number of aromatic amines is 1. The number of fused-ring (bicyclic) bond motifs is 1. The molecule has 2 heterocycles. The molecule has 6 nitrogen and oxygen atoms in total. The van der Waals surface area contributed by atoms with Gasteiger partial charge in [0.25, 0.3) is 5.91 Å². The third-order valence-corrected chi connectivity index (χ3v) is 6.05. The second-order valence-corrected chi connectivity index (χ2v) is 8.29. The van der Waals surface area contributed by atoms with E-state index in [1.807, 2.05) is 49.4 Å². The van der Waals surface area contributed by atoms with Crippen molar-refractivity contribution in [3.05, 3.63) is 59.2 Å². The zero-order valence-electron chi connectivity index (χ0n) is 17.6. The van der Waals surface area contributed by atoms with Gasteiger partial charge in [0.15, 0.2) is 0 Å². The molecule has 2 aromatic carbocycles. The van der Waals surface area contributed by atoms with E-state index in [4.69, 9.17) is 11.6 Å². The molecule has 4 rings (SSSR count). The highest BCUT2D eigenvalue weighted by molar-refractivity contribution is 6.38. The van der Waals surface area contributed by atoms with Crippen LogP contribution >= 0.6 is 11.6 Å². The lowest BCUT2D eigenvalue weighted by molar-refractivity contribution is -0.118. The maximum absolute atomic E-state index is 13.0. The van der Waals surface area contributed by atoms with Crippen LogP contribution in [-0.2, 0) is 4.79 Å². The minimum absolute atomic E-state index is 0.235. The van der Waals surface area contributed by atoms with Crippen molar-refractivity contribution in [1.29, 1.82) is 0 Å². The summed E-state index contributed by atoms with van der Waals surface area (Å²) >= 11 is 6.40. The van der Waals surface area contributed by atoms with Crippen LogP contribution in [0.1, 0.15) is 43.1 Å². The molecule has 1 saturated heterocycles. The monoisotopic (exact) mass is 438 g/mol. The number of para-hydroxylation sites is 1. The Morgan fingerprint density at radius 1 is 1.13 bits per heavy atom. The number of hydrogen-bond acceptors (Lipinski definition) is 3. The van der Waals surface area contributed by atoms with Crippen LogP contribution in [-0.4, -0.2) is 35.9 Å². The quantitative estimate of drug-likeness (QED) is 0.488. The van der Waals surface area contributed by atoms with Crippen LogP contribution in [0.3, 0.4) is 0 Å². The van der Waals surface area contributed by atoms with Gasteiger partial charge in [0.05, 0.1) is 5.02 Å². The van der Waals surface area contributed by atoms with Crippen LogP contribution in [0.15, 0.2) is 48.5 Å². The molecule has 0 saturated carbocycles. The van der Waals surface area contributed by atoms with E-state index in [2.05, 4.69) is 26.6 Å². The Balaban J connectivity index is 1.47. The Kier molecular flexibility index (Phi) is 6.47. The molecule has 31 heavy (non-hydrogen) atoms. The standard InChI is InChI=1S/C24H27ClN4O2/c1-2-8-20(28-24(31)22-21(25)18-11-3-4-12-19(18)27-22)23(30)26-16-9-7-10-17(15-16)29-13-5-6-14-29/h3-4,7,9-12,15,20,27H,2,5-6,8,13-14H2,1H3,(H,26,30)(H,28,31). The van der Waals surface area contributed by atoms with Crippen LogP contribution in [0, 0.1) is 0 Å². The first kappa shape index (κ1) is 21.2. The number of rotatable bonds is 7. The number of carbonyl (C=O) groups is 2. The van der Waals surface area contributed by atoms with E-state index >= 15 is 0 Å². The van der Waals surface area contributed by atoms with Crippen molar-refractivity contribution in [2.24, 2.45) is 0 Å². The van der Waals surface area contributed by atoms with E-state index in [1.165, 1.54) is 12.8 Å². The first-order chi connectivity index (χ1) is 15.1. The summed E-state index contributed by atoms with van der Waals surface area (Å²) in [5.74, 6) is -0.623. The number of nitrogens with one attached hydrogen (secondary N) is 3. The second-order valence-electron chi connectivity index (χ2n) is 7.91. The number of halogens is 1. The number of anilines is 2. The molecule has 1 atom stereocenters.